The van der Waals surface area contributed by atoms with E-state index >= 15 is 0 Å². The van der Waals surface area contributed by atoms with Crippen molar-refractivity contribution in [3.63, 3.8) is 0 Å². The number of carboxylic acid groups (broad SMARTS) is 1. The van der Waals surface area contributed by atoms with E-state index in [0.29, 0.717) is 18.7 Å². The number of hydrogen-bond acceptors (Lipinski definition) is 3. The van der Waals surface area contributed by atoms with Gasteiger partial charge in [0.05, 0.1) is 5.56 Å². The lowest BCUT2D eigenvalue weighted by Crippen LogP contribution is -2.38. The van der Waals surface area contributed by atoms with E-state index in [2.05, 4.69) is 6.92 Å². The van der Waals surface area contributed by atoms with E-state index in [1.807, 2.05) is 18.2 Å². The summed E-state index contributed by atoms with van der Waals surface area (Å²) in [5.74, 6) is -0.613. The van der Waals surface area contributed by atoms with E-state index in [4.69, 9.17) is 9.52 Å². The van der Waals surface area contributed by atoms with Crippen molar-refractivity contribution in [2.45, 2.75) is 32.6 Å². The average molecular weight is 315 g/mol. The SMILES string of the molecule is CCc1ccc2occ(C(=O)N3CCC(CC(=O)O)CC3)c2c1. The van der Waals surface area contributed by atoms with Crippen molar-refractivity contribution >= 4 is 22.8 Å². The number of rotatable bonds is 4. The van der Waals surface area contributed by atoms with Gasteiger partial charge in [-0.1, -0.05) is 13.0 Å². The number of piperidine rings is 1. The molecule has 0 spiro atoms. The zero-order valence-corrected chi connectivity index (χ0v) is 13.2. The zero-order chi connectivity index (χ0) is 16.4. The van der Waals surface area contributed by atoms with Crippen LogP contribution in [0.5, 0.6) is 0 Å². The number of amides is 1. The summed E-state index contributed by atoms with van der Waals surface area (Å²) in [5.41, 5.74) is 2.51. The second-order valence-electron chi connectivity index (χ2n) is 6.17. The molecule has 5 heteroatoms. The lowest BCUT2D eigenvalue weighted by Gasteiger charge is -2.31. The molecule has 2 heterocycles. The molecule has 0 radical (unpaired) electrons. The van der Waals surface area contributed by atoms with E-state index in [9.17, 15) is 9.59 Å². The molecule has 1 amide bonds. The van der Waals surface area contributed by atoms with Crippen molar-refractivity contribution in [3.8, 4) is 0 Å². The summed E-state index contributed by atoms with van der Waals surface area (Å²) in [6.07, 6.45) is 4.13. The van der Waals surface area contributed by atoms with Gasteiger partial charge in [0, 0.05) is 24.9 Å². The van der Waals surface area contributed by atoms with Crippen LogP contribution < -0.4 is 0 Å². The zero-order valence-electron chi connectivity index (χ0n) is 13.2. The molecule has 3 rings (SSSR count). The number of hydrogen-bond donors (Lipinski definition) is 1. The van der Waals surface area contributed by atoms with E-state index in [1.165, 1.54) is 11.8 Å². The predicted molar refractivity (Wildman–Crippen MR) is 86.5 cm³/mol. The van der Waals surface area contributed by atoms with Crippen molar-refractivity contribution in [1.29, 1.82) is 0 Å². The molecular formula is C18H21NO4. The molecule has 1 aromatic heterocycles. The minimum Gasteiger partial charge on any atom is -0.481 e. The third-order valence-corrected chi connectivity index (χ3v) is 4.64. The Bertz CT molecular complexity index is 726. The predicted octanol–water partition coefficient (Wildman–Crippen LogP) is 3.32. The minimum atomic E-state index is -0.761. The Balaban J connectivity index is 1.75. The minimum absolute atomic E-state index is 0.0224. The standard InChI is InChI=1S/C18H21NO4/c1-2-12-3-4-16-14(9-12)15(11-23-16)18(22)19-7-5-13(6-8-19)10-17(20)21/h3-4,9,11,13H,2,5-8,10H2,1H3,(H,20,21). The number of carboxylic acids is 1. The van der Waals surface area contributed by atoms with E-state index < -0.39 is 5.97 Å². The van der Waals surface area contributed by atoms with Crippen molar-refractivity contribution in [2.75, 3.05) is 13.1 Å². The molecule has 0 unspecified atom stereocenters. The summed E-state index contributed by atoms with van der Waals surface area (Å²) < 4.78 is 5.51. The van der Waals surface area contributed by atoms with Crippen LogP contribution in [0.1, 0.15) is 42.1 Å². The highest BCUT2D eigenvalue weighted by molar-refractivity contribution is 6.06. The monoisotopic (exact) mass is 315 g/mol. The molecule has 23 heavy (non-hydrogen) atoms. The first-order valence-electron chi connectivity index (χ1n) is 8.09. The molecule has 0 bridgehead atoms. The van der Waals surface area contributed by atoms with Gasteiger partial charge in [-0.2, -0.15) is 0 Å². The topological polar surface area (TPSA) is 70.8 Å². The Morgan fingerprint density at radius 1 is 1.30 bits per heavy atom. The molecule has 2 aromatic rings. The second kappa shape index (κ2) is 6.44. The molecule has 0 saturated carbocycles. The van der Waals surface area contributed by atoms with Crippen molar-refractivity contribution in [1.82, 2.24) is 4.90 Å². The number of fused-ring (bicyclic) bond motifs is 1. The highest BCUT2D eigenvalue weighted by Gasteiger charge is 2.26. The van der Waals surface area contributed by atoms with E-state index in [-0.39, 0.29) is 18.2 Å². The Labute approximate surface area is 134 Å². The molecule has 1 saturated heterocycles. The van der Waals surface area contributed by atoms with Crippen molar-refractivity contribution in [3.05, 3.63) is 35.6 Å². The fourth-order valence-electron chi connectivity index (χ4n) is 3.22. The van der Waals surface area contributed by atoms with Crippen LogP contribution in [0.25, 0.3) is 11.0 Å². The molecule has 122 valence electrons. The van der Waals surface area contributed by atoms with Crippen LogP contribution in [-0.2, 0) is 11.2 Å². The fourth-order valence-corrected chi connectivity index (χ4v) is 3.22. The van der Waals surface area contributed by atoms with Crippen LogP contribution in [0.2, 0.25) is 0 Å². The number of benzene rings is 1. The van der Waals surface area contributed by atoms with Crippen molar-refractivity contribution < 1.29 is 19.1 Å². The van der Waals surface area contributed by atoms with Crippen LogP contribution >= 0.6 is 0 Å². The smallest absolute Gasteiger partial charge is 0.303 e. The van der Waals surface area contributed by atoms with Gasteiger partial charge in [-0.25, -0.2) is 0 Å². The number of nitrogens with zero attached hydrogens (tertiary/aromatic N) is 1. The van der Waals surface area contributed by atoms with Crippen LogP contribution in [0.15, 0.2) is 28.9 Å². The third-order valence-electron chi connectivity index (χ3n) is 4.64. The van der Waals surface area contributed by atoms with Gasteiger partial charge in [0.2, 0.25) is 0 Å². The first kappa shape index (κ1) is 15.6. The number of aliphatic carboxylic acids is 1. The Morgan fingerprint density at radius 2 is 2.04 bits per heavy atom. The molecule has 1 aromatic carbocycles. The number of aryl methyl sites for hydroxylation is 1. The normalized spacial score (nSPS) is 16.0. The summed E-state index contributed by atoms with van der Waals surface area (Å²) in [4.78, 5) is 25.3. The number of carbonyl (C=O) groups excluding carboxylic acids is 1. The number of likely N-dealkylation sites (tertiary alicyclic amines) is 1. The van der Waals surface area contributed by atoms with Gasteiger partial charge in [0.1, 0.15) is 11.8 Å². The van der Waals surface area contributed by atoms with Crippen LogP contribution in [0, 0.1) is 5.92 Å². The van der Waals surface area contributed by atoms with E-state index in [1.54, 1.807) is 4.90 Å². The Kier molecular flexibility index (Phi) is 4.37. The van der Waals surface area contributed by atoms with Gasteiger partial charge in [-0.05, 0) is 42.9 Å². The third kappa shape index (κ3) is 3.23. The maximum atomic E-state index is 12.8. The highest BCUT2D eigenvalue weighted by Crippen LogP contribution is 2.27. The van der Waals surface area contributed by atoms with Crippen LogP contribution in [0.3, 0.4) is 0 Å². The second-order valence-corrected chi connectivity index (χ2v) is 6.17. The maximum absolute atomic E-state index is 12.8. The summed E-state index contributed by atoms with van der Waals surface area (Å²) in [7, 11) is 0. The number of carbonyl (C=O) groups is 2. The molecular weight excluding hydrogens is 294 g/mol. The summed E-state index contributed by atoms with van der Waals surface area (Å²) >= 11 is 0. The van der Waals surface area contributed by atoms with Crippen LogP contribution in [-0.4, -0.2) is 35.0 Å². The van der Waals surface area contributed by atoms with E-state index in [0.717, 1.165) is 30.2 Å². The highest BCUT2D eigenvalue weighted by atomic mass is 16.4. The first-order valence-corrected chi connectivity index (χ1v) is 8.09. The molecule has 1 N–H and O–H groups in total. The molecule has 0 atom stereocenters. The quantitative estimate of drug-likeness (QED) is 0.939. The van der Waals surface area contributed by atoms with Crippen LogP contribution in [0.4, 0.5) is 0 Å². The Morgan fingerprint density at radius 3 is 2.70 bits per heavy atom. The number of furan rings is 1. The van der Waals surface area contributed by atoms with Gasteiger partial charge in [0.15, 0.2) is 0 Å². The van der Waals surface area contributed by atoms with Gasteiger partial charge < -0.3 is 14.4 Å². The molecule has 5 nitrogen and oxygen atoms in total. The Hall–Kier alpha value is -2.30. The lowest BCUT2D eigenvalue weighted by atomic mass is 9.93. The average Bonchev–Trinajstić information content (AvgIpc) is 2.97. The van der Waals surface area contributed by atoms with Gasteiger partial charge in [0.25, 0.3) is 5.91 Å². The summed E-state index contributed by atoms with van der Waals surface area (Å²) in [6.45, 7) is 3.30. The molecule has 1 fully saturated rings. The first-order chi connectivity index (χ1) is 11.1. The van der Waals surface area contributed by atoms with Gasteiger partial charge in [-0.15, -0.1) is 0 Å². The maximum Gasteiger partial charge on any atom is 0.303 e. The molecule has 1 aliphatic rings. The summed E-state index contributed by atoms with van der Waals surface area (Å²) in [6, 6.07) is 5.94. The van der Waals surface area contributed by atoms with Crippen molar-refractivity contribution in [2.24, 2.45) is 5.92 Å². The largest absolute Gasteiger partial charge is 0.481 e. The van der Waals surface area contributed by atoms with Gasteiger partial charge >= 0.3 is 5.97 Å². The fraction of sp³-hybridized carbons (Fsp3) is 0.444. The molecule has 0 aliphatic carbocycles. The summed E-state index contributed by atoms with van der Waals surface area (Å²) in [5, 5.41) is 9.73. The molecule has 1 aliphatic heterocycles. The lowest BCUT2D eigenvalue weighted by molar-refractivity contribution is -0.138. The van der Waals surface area contributed by atoms with Gasteiger partial charge in [-0.3, -0.25) is 9.59 Å².